The molecule has 1 aromatic carbocycles. The Labute approximate surface area is 198 Å². The van der Waals surface area contributed by atoms with Crippen LogP contribution < -0.4 is 5.56 Å². The van der Waals surface area contributed by atoms with Gasteiger partial charge in [0.05, 0.1) is 11.6 Å². The first kappa shape index (κ1) is 23.3. The molecule has 3 aromatic heterocycles. The Morgan fingerprint density at radius 2 is 2.00 bits per heavy atom. The molecule has 4 aromatic rings. The largest absolute Gasteiger partial charge is 0.322 e. The number of aromatic amines is 1. The number of hydrogen-bond acceptors (Lipinski definition) is 6. The predicted molar refractivity (Wildman–Crippen MR) is 133 cm³/mol. The number of nitrogens with one attached hydrogen (secondary N) is 1. The summed E-state index contributed by atoms with van der Waals surface area (Å²) in [6.07, 6.45) is 1.74. The van der Waals surface area contributed by atoms with Gasteiger partial charge in [-0.3, -0.25) is 9.69 Å². The van der Waals surface area contributed by atoms with E-state index in [1.54, 1.807) is 11.3 Å². The maximum absolute atomic E-state index is 13.0. The van der Waals surface area contributed by atoms with Crippen LogP contribution in [0.1, 0.15) is 68.4 Å². The fourth-order valence-electron chi connectivity index (χ4n) is 4.16. The second kappa shape index (κ2) is 9.57. The van der Waals surface area contributed by atoms with E-state index in [1.165, 1.54) is 4.88 Å². The third-order valence-corrected chi connectivity index (χ3v) is 7.31. The lowest BCUT2D eigenvalue weighted by Gasteiger charge is -2.32. The van der Waals surface area contributed by atoms with E-state index in [1.807, 2.05) is 23.7 Å². The molecule has 4 rings (SSSR count). The number of thiophene rings is 1. The van der Waals surface area contributed by atoms with Crippen LogP contribution in [0.4, 0.5) is 0 Å². The van der Waals surface area contributed by atoms with Gasteiger partial charge in [-0.05, 0) is 78.6 Å². The van der Waals surface area contributed by atoms with Gasteiger partial charge >= 0.3 is 0 Å². The normalized spacial score (nSPS) is 13.2. The molecule has 0 saturated heterocycles. The van der Waals surface area contributed by atoms with Crippen LogP contribution in [-0.2, 0) is 18.6 Å². The van der Waals surface area contributed by atoms with Gasteiger partial charge in [-0.25, -0.2) is 4.68 Å². The van der Waals surface area contributed by atoms with Crippen molar-refractivity contribution in [2.75, 3.05) is 0 Å². The minimum absolute atomic E-state index is 0.0268. The first-order valence-corrected chi connectivity index (χ1v) is 12.4. The second-order valence-electron chi connectivity index (χ2n) is 9.24. The molecule has 0 amide bonds. The predicted octanol–water partition coefficient (Wildman–Crippen LogP) is 5.18. The number of hydrogen-bond donors (Lipinski definition) is 1. The first-order valence-electron chi connectivity index (χ1n) is 11.5. The van der Waals surface area contributed by atoms with Gasteiger partial charge in [0, 0.05) is 29.0 Å². The van der Waals surface area contributed by atoms with Crippen molar-refractivity contribution in [1.82, 2.24) is 30.1 Å². The standard InChI is InChI=1S/C25H32N6OS/c1-6-22(23-27-28-29-31(23)25(4,5)7-2)30(16-20-9-8-12-33-20)15-19-14-18-11-10-17(3)13-21(18)26-24(19)32/h8-14,22H,6-7,15-16H2,1-5H3,(H,26,32)/t22-/m0/s1. The average Bonchev–Trinajstić information content (AvgIpc) is 3.47. The number of aryl methyl sites for hydroxylation is 1. The van der Waals surface area contributed by atoms with E-state index in [4.69, 9.17) is 0 Å². The molecule has 3 heterocycles. The number of H-pyrrole nitrogens is 1. The molecule has 1 atom stereocenters. The first-order chi connectivity index (χ1) is 15.8. The van der Waals surface area contributed by atoms with Crippen molar-refractivity contribution < 1.29 is 0 Å². The Balaban J connectivity index is 1.75. The van der Waals surface area contributed by atoms with Gasteiger partial charge in [-0.2, -0.15) is 0 Å². The summed E-state index contributed by atoms with van der Waals surface area (Å²) in [6, 6.07) is 12.3. The summed E-state index contributed by atoms with van der Waals surface area (Å²) in [5.74, 6) is 0.841. The van der Waals surface area contributed by atoms with E-state index in [-0.39, 0.29) is 17.1 Å². The zero-order valence-electron chi connectivity index (χ0n) is 20.0. The van der Waals surface area contributed by atoms with Crippen molar-refractivity contribution in [3.63, 3.8) is 0 Å². The molecule has 0 unspecified atom stereocenters. The number of pyridine rings is 1. The van der Waals surface area contributed by atoms with Crippen LogP contribution in [0.2, 0.25) is 0 Å². The van der Waals surface area contributed by atoms with E-state index in [0.717, 1.165) is 47.2 Å². The Bertz CT molecular complexity index is 1270. The van der Waals surface area contributed by atoms with Crippen LogP contribution in [0.15, 0.2) is 46.6 Å². The highest BCUT2D eigenvalue weighted by molar-refractivity contribution is 7.09. The molecule has 0 spiro atoms. The molecule has 174 valence electrons. The molecular formula is C25H32N6OS. The number of fused-ring (bicyclic) bond motifs is 1. The number of nitrogens with zero attached hydrogens (tertiary/aromatic N) is 5. The highest BCUT2D eigenvalue weighted by Gasteiger charge is 2.31. The van der Waals surface area contributed by atoms with E-state index in [0.29, 0.717) is 6.54 Å². The Morgan fingerprint density at radius 3 is 2.70 bits per heavy atom. The molecule has 8 heteroatoms. The van der Waals surface area contributed by atoms with E-state index in [2.05, 4.69) is 82.7 Å². The molecule has 33 heavy (non-hydrogen) atoms. The van der Waals surface area contributed by atoms with Crippen LogP contribution in [-0.4, -0.2) is 30.1 Å². The maximum Gasteiger partial charge on any atom is 0.252 e. The summed E-state index contributed by atoms with van der Waals surface area (Å²) < 4.78 is 1.95. The maximum atomic E-state index is 13.0. The molecule has 0 aliphatic heterocycles. The molecular weight excluding hydrogens is 432 g/mol. The van der Waals surface area contributed by atoms with Gasteiger partial charge in [0.25, 0.3) is 5.56 Å². The molecule has 0 aliphatic carbocycles. The topological polar surface area (TPSA) is 79.7 Å². The van der Waals surface area contributed by atoms with Gasteiger partial charge in [-0.15, -0.1) is 16.4 Å². The molecule has 0 radical (unpaired) electrons. The van der Waals surface area contributed by atoms with Crippen molar-refractivity contribution in [3.05, 3.63) is 74.0 Å². The van der Waals surface area contributed by atoms with E-state index in [9.17, 15) is 4.79 Å². The number of benzene rings is 1. The second-order valence-corrected chi connectivity index (χ2v) is 10.3. The van der Waals surface area contributed by atoms with Gasteiger partial charge < -0.3 is 4.98 Å². The van der Waals surface area contributed by atoms with Gasteiger partial charge in [-0.1, -0.05) is 32.0 Å². The molecule has 7 nitrogen and oxygen atoms in total. The summed E-state index contributed by atoms with van der Waals surface area (Å²) in [4.78, 5) is 19.7. The lowest BCUT2D eigenvalue weighted by Crippen LogP contribution is -2.35. The van der Waals surface area contributed by atoms with Gasteiger partial charge in [0.2, 0.25) is 0 Å². The Kier molecular flexibility index (Phi) is 6.76. The summed E-state index contributed by atoms with van der Waals surface area (Å²) in [5, 5.41) is 16.0. The zero-order valence-corrected chi connectivity index (χ0v) is 20.8. The minimum atomic E-state index is -0.195. The minimum Gasteiger partial charge on any atom is -0.322 e. The molecule has 0 aliphatic rings. The third-order valence-electron chi connectivity index (χ3n) is 6.45. The summed E-state index contributed by atoms with van der Waals surface area (Å²) >= 11 is 1.72. The SMILES string of the molecule is CC[C@@H](c1nnnn1C(C)(C)CC)N(Cc1cccs1)Cc1cc2ccc(C)cc2[nH]c1=O. The van der Waals surface area contributed by atoms with Crippen LogP contribution in [0.25, 0.3) is 10.9 Å². The fourth-order valence-corrected chi connectivity index (χ4v) is 4.89. The highest BCUT2D eigenvalue weighted by atomic mass is 32.1. The lowest BCUT2D eigenvalue weighted by atomic mass is 10.0. The summed E-state index contributed by atoms with van der Waals surface area (Å²) in [5.41, 5.74) is 2.50. The van der Waals surface area contributed by atoms with E-state index >= 15 is 0 Å². The number of tetrazole rings is 1. The molecule has 0 bridgehead atoms. The molecule has 1 N–H and O–H groups in total. The molecule has 0 saturated carbocycles. The van der Waals surface area contributed by atoms with Crippen LogP contribution in [0, 0.1) is 6.92 Å². The van der Waals surface area contributed by atoms with Crippen LogP contribution >= 0.6 is 11.3 Å². The quantitative estimate of drug-likeness (QED) is 0.369. The van der Waals surface area contributed by atoms with Crippen LogP contribution in [0.3, 0.4) is 0 Å². The zero-order chi connectivity index (χ0) is 23.6. The third kappa shape index (κ3) is 4.91. The van der Waals surface area contributed by atoms with Crippen molar-refractivity contribution in [1.29, 1.82) is 0 Å². The van der Waals surface area contributed by atoms with Crippen molar-refractivity contribution in [2.45, 2.75) is 72.1 Å². The van der Waals surface area contributed by atoms with E-state index < -0.39 is 0 Å². The number of aromatic nitrogens is 5. The smallest absolute Gasteiger partial charge is 0.252 e. The van der Waals surface area contributed by atoms with Gasteiger partial charge in [0.15, 0.2) is 5.82 Å². The monoisotopic (exact) mass is 464 g/mol. The van der Waals surface area contributed by atoms with Crippen molar-refractivity contribution in [2.24, 2.45) is 0 Å². The van der Waals surface area contributed by atoms with Crippen molar-refractivity contribution in [3.8, 4) is 0 Å². The fraction of sp³-hybridized carbons (Fsp3) is 0.440. The molecule has 0 fully saturated rings. The highest BCUT2D eigenvalue weighted by Crippen LogP contribution is 2.30. The average molecular weight is 465 g/mol. The number of rotatable bonds is 9. The van der Waals surface area contributed by atoms with Crippen LogP contribution in [0.5, 0.6) is 0 Å². The Hall–Kier alpha value is -2.84. The van der Waals surface area contributed by atoms with Gasteiger partial charge in [0.1, 0.15) is 0 Å². The Morgan fingerprint density at radius 1 is 1.18 bits per heavy atom. The lowest BCUT2D eigenvalue weighted by molar-refractivity contribution is 0.152. The summed E-state index contributed by atoms with van der Waals surface area (Å²) in [6.45, 7) is 11.9. The van der Waals surface area contributed by atoms with Crippen molar-refractivity contribution >= 4 is 22.2 Å². The summed E-state index contributed by atoms with van der Waals surface area (Å²) in [7, 11) is 0.